The average Bonchev–Trinajstić information content (AvgIpc) is 2.67. The van der Waals surface area contributed by atoms with Crippen LogP contribution >= 0.6 is 11.5 Å². The molecule has 0 radical (unpaired) electrons. The molecule has 5 nitrogen and oxygen atoms in total. The van der Waals surface area contributed by atoms with Gasteiger partial charge in [-0.3, -0.25) is 0 Å². The molecule has 0 saturated carbocycles. The smallest absolute Gasteiger partial charge is 0.202 e. The molecule has 14 heavy (non-hydrogen) atoms. The van der Waals surface area contributed by atoms with Crippen molar-refractivity contribution in [2.45, 2.75) is 0 Å². The number of ether oxygens (including phenoxy) is 1. The molecule has 0 bridgehead atoms. The molecule has 0 aliphatic heterocycles. The Morgan fingerprint density at radius 1 is 1.57 bits per heavy atom. The van der Waals surface area contributed by atoms with Gasteiger partial charge in [-0.2, -0.15) is 4.37 Å². The third-order valence-corrected chi connectivity index (χ3v) is 2.43. The van der Waals surface area contributed by atoms with Crippen LogP contribution in [0, 0.1) is 0 Å². The van der Waals surface area contributed by atoms with E-state index in [4.69, 9.17) is 4.74 Å². The number of anilines is 1. The van der Waals surface area contributed by atoms with Gasteiger partial charge in [0.2, 0.25) is 5.13 Å². The van der Waals surface area contributed by atoms with Crippen LogP contribution in [0.1, 0.15) is 0 Å². The Morgan fingerprint density at radius 2 is 2.43 bits per heavy atom. The lowest BCUT2D eigenvalue weighted by Gasteiger charge is -2.15. The van der Waals surface area contributed by atoms with E-state index in [0.29, 0.717) is 0 Å². The van der Waals surface area contributed by atoms with E-state index in [9.17, 15) is 0 Å². The fourth-order valence-corrected chi connectivity index (χ4v) is 1.42. The molecule has 0 atom stereocenters. The lowest BCUT2D eigenvalue weighted by molar-refractivity contribution is 0.163. The Labute approximate surface area is 88.3 Å². The monoisotopic (exact) mass is 216 g/mol. The van der Waals surface area contributed by atoms with Crippen LogP contribution in [0.2, 0.25) is 0 Å². The molecule has 1 aromatic heterocycles. The first-order valence-corrected chi connectivity index (χ1v) is 5.28. The van der Waals surface area contributed by atoms with E-state index in [0.717, 1.165) is 31.4 Å². The van der Waals surface area contributed by atoms with Crippen LogP contribution < -0.4 is 5.32 Å². The molecule has 1 rings (SSSR count). The van der Waals surface area contributed by atoms with Crippen LogP contribution in [0.5, 0.6) is 0 Å². The fraction of sp³-hybridized carbons (Fsp3) is 0.750. The number of methoxy groups -OCH3 is 1. The lowest BCUT2D eigenvalue weighted by Crippen LogP contribution is -2.28. The number of likely N-dealkylation sites (N-methyl/N-ethyl adjacent to an activating group) is 1. The van der Waals surface area contributed by atoms with Crippen molar-refractivity contribution in [2.75, 3.05) is 45.7 Å². The van der Waals surface area contributed by atoms with Gasteiger partial charge in [-0.15, -0.1) is 0 Å². The van der Waals surface area contributed by atoms with Crippen LogP contribution in [0.4, 0.5) is 5.13 Å². The summed E-state index contributed by atoms with van der Waals surface area (Å²) < 4.78 is 8.89. The Morgan fingerprint density at radius 3 is 3.07 bits per heavy atom. The SMILES string of the molecule is COCCN(C)CCNc1ncns1. The average molecular weight is 216 g/mol. The zero-order valence-corrected chi connectivity index (χ0v) is 9.38. The maximum atomic E-state index is 4.98. The Balaban J connectivity index is 2.03. The summed E-state index contributed by atoms with van der Waals surface area (Å²) in [7, 11) is 3.79. The number of nitrogens with zero attached hydrogens (tertiary/aromatic N) is 3. The van der Waals surface area contributed by atoms with Crippen LogP contribution in [0.3, 0.4) is 0 Å². The zero-order valence-electron chi connectivity index (χ0n) is 8.56. The Hall–Kier alpha value is -0.720. The second kappa shape index (κ2) is 6.69. The molecule has 0 unspecified atom stereocenters. The Kier molecular flexibility index (Phi) is 5.43. The minimum Gasteiger partial charge on any atom is -0.383 e. The van der Waals surface area contributed by atoms with Gasteiger partial charge in [0.25, 0.3) is 0 Å². The van der Waals surface area contributed by atoms with Crippen molar-refractivity contribution < 1.29 is 4.74 Å². The summed E-state index contributed by atoms with van der Waals surface area (Å²) in [5.74, 6) is 0. The van der Waals surface area contributed by atoms with Gasteiger partial charge in [-0.25, -0.2) is 4.98 Å². The maximum absolute atomic E-state index is 4.98. The Bertz CT molecular complexity index is 229. The summed E-state index contributed by atoms with van der Waals surface area (Å²) in [5, 5.41) is 4.07. The molecule has 0 saturated heterocycles. The molecule has 0 spiro atoms. The van der Waals surface area contributed by atoms with E-state index in [1.54, 1.807) is 13.4 Å². The van der Waals surface area contributed by atoms with E-state index >= 15 is 0 Å². The molecule has 0 amide bonds. The normalized spacial score (nSPS) is 10.8. The molecular weight excluding hydrogens is 200 g/mol. The van der Waals surface area contributed by atoms with Crippen molar-refractivity contribution in [3.8, 4) is 0 Å². The van der Waals surface area contributed by atoms with Gasteiger partial charge >= 0.3 is 0 Å². The number of hydrogen-bond acceptors (Lipinski definition) is 6. The van der Waals surface area contributed by atoms with E-state index in [2.05, 4.69) is 26.6 Å². The van der Waals surface area contributed by atoms with Gasteiger partial charge < -0.3 is 15.0 Å². The van der Waals surface area contributed by atoms with Gasteiger partial charge in [-0.1, -0.05) is 0 Å². The number of hydrogen-bond donors (Lipinski definition) is 1. The van der Waals surface area contributed by atoms with Gasteiger partial charge in [0.15, 0.2) is 0 Å². The number of aromatic nitrogens is 2. The van der Waals surface area contributed by atoms with Crippen LogP contribution in [0.25, 0.3) is 0 Å². The molecular formula is C8H16N4OS. The first-order chi connectivity index (χ1) is 6.83. The molecule has 6 heteroatoms. The highest BCUT2D eigenvalue weighted by atomic mass is 32.1. The highest BCUT2D eigenvalue weighted by Crippen LogP contribution is 2.05. The van der Waals surface area contributed by atoms with Crippen molar-refractivity contribution in [1.29, 1.82) is 0 Å². The van der Waals surface area contributed by atoms with Crippen molar-refractivity contribution in [2.24, 2.45) is 0 Å². The minimum absolute atomic E-state index is 0.773. The van der Waals surface area contributed by atoms with Crippen LogP contribution in [-0.4, -0.2) is 54.7 Å². The quantitative estimate of drug-likeness (QED) is 0.720. The van der Waals surface area contributed by atoms with E-state index in [1.165, 1.54) is 11.5 Å². The van der Waals surface area contributed by atoms with Crippen molar-refractivity contribution in [3.05, 3.63) is 6.33 Å². The van der Waals surface area contributed by atoms with Gasteiger partial charge in [-0.05, 0) is 7.05 Å². The largest absolute Gasteiger partial charge is 0.383 e. The van der Waals surface area contributed by atoms with E-state index in [-0.39, 0.29) is 0 Å². The molecule has 1 heterocycles. The molecule has 0 aromatic carbocycles. The van der Waals surface area contributed by atoms with E-state index in [1.807, 2.05) is 0 Å². The lowest BCUT2D eigenvalue weighted by atomic mass is 10.5. The van der Waals surface area contributed by atoms with Crippen molar-refractivity contribution in [3.63, 3.8) is 0 Å². The van der Waals surface area contributed by atoms with E-state index < -0.39 is 0 Å². The first-order valence-electron chi connectivity index (χ1n) is 4.51. The summed E-state index contributed by atoms with van der Waals surface area (Å²) in [6.07, 6.45) is 1.56. The van der Waals surface area contributed by atoms with Crippen molar-refractivity contribution in [1.82, 2.24) is 14.3 Å². The highest BCUT2D eigenvalue weighted by molar-refractivity contribution is 7.09. The maximum Gasteiger partial charge on any atom is 0.202 e. The van der Waals surface area contributed by atoms with Gasteiger partial charge in [0.05, 0.1) is 6.61 Å². The molecule has 1 aromatic rings. The first kappa shape index (κ1) is 11.4. The van der Waals surface area contributed by atoms with Gasteiger partial charge in [0.1, 0.15) is 6.33 Å². The third-order valence-electron chi connectivity index (χ3n) is 1.81. The second-order valence-electron chi connectivity index (χ2n) is 2.97. The molecule has 80 valence electrons. The summed E-state index contributed by atoms with van der Waals surface area (Å²) in [5.41, 5.74) is 0. The second-order valence-corrected chi connectivity index (χ2v) is 3.75. The molecule has 0 aliphatic carbocycles. The topological polar surface area (TPSA) is 50.3 Å². The standard InChI is InChI=1S/C8H16N4OS/c1-12(5-6-13-2)4-3-9-8-10-7-11-14-8/h7H,3-6H2,1-2H3,(H,9,10,11). The molecule has 1 N–H and O–H groups in total. The fourth-order valence-electron chi connectivity index (χ4n) is 0.964. The number of rotatable bonds is 7. The predicted octanol–water partition coefficient (Wildman–Crippen LogP) is 0.528. The summed E-state index contributed by atoms with van der Waals surface area (Å²) in [4.78, 5) is 6.23. The summed E-state index contributed by atoms with van der Waals surface area (Å²) in [6, 6.07) is 0. The van der Waals surface area contributed by atoms with Gasteiger partial charge in [0, 0.05) is 38.3 Å². The predicted molar refractivity (Wildman–Crippen MR) is 57.8 cm³/mol. The van der Waals surface area contributed by atoms with Crippen molar-refractivity contribution >= 4 is 16.7 Å². The zero-order chi connectivity index (χ0) is 10.2. The summed E-state index contributed by atoms with van der Waals surface area (Å²) in [6.45, 7) is 3.59. The third kappa shape index (κ3) is 4.50. The highest BCUT2D eigenvalue weighted by Gasteiger charge is 1.98. The molecule has 0 aliphatic rings. The molecule has 0 fully saturated rings. The van der Waals surface area contributed by atoms with Crippen LogP contribution in [0.15, 0.2) is 6.33 Å². The summed E-state index contributed by atoms with van der Waals surface area (Å²) >= 11 is 1.38. The van der Waals surface area contributed by atoms with Crippen LogP contribution in [-0.2, 0) is 4.74 Å². The minimum atomic E-state index is 0.773. The number of nitrogens with one attached hydrogen (secondary N) is 1.